The summed E-state index contributed by atoms with van der Waals surface area (Å²) in [6, 6.07) is 12.9. The molecule has 0 aliphatic carbocycles. The Morgan fingerprint density at radius 3 is 2.43 bits per heavy atom. The lowest BCUT2D eigenvalue weighted by atomic mass is 10.0. The maximum Gasteiger partial charge on any atom is 0.323 e. The van der Waals surface area contributed by atoms with Crippen LogP contribution in [0.25, 0.3) is 0 Å². The molecule has 21 heavy (non-hydrogen) atoms. The Hall–Kier alpha value is -2.69. The van der Waals surface area contributed by atoms with Crippen molar-refractivity contribution >= 4 is 11.7 Å². The van der Waals surface area contributed by atoms with Crippen LogP contribution in [-0.4, -0.2) is 27.8 Å². The van der Waals surface area contributed by atoms with E-state index in [0.717, 1.165) is 5.69 Å². The van der Waals surface area contributed by atoms with E-state index >= 15 is 0 Å². The van der Waals surface area contributed by atoms with Gasteiger partial charge in [-0.05, 0) is 37.3 Å². The fourth-order valence-corrected chi connectivity index (χ4v) is 2.26. The molecular formula is C16H17NO4. The number of hydrogen-bond donors (Lipinski definition) is 3. The number of hydrogen-bond acceptors (Lipinski definition) is 4. The maximum absolute atomic E-state index is 11.1. The highest BCUT2D eigenvalue weighted by molar-refractivity contribution is 5.74. The van der Waals surface area contributed by atoms with Crippen LogP contribution in [0.3, 0.4) is 0 Å². The van der Waals surface area contributed by atoms with Gasteiger partial charge in [0.25, 0.3) is 0 Å². The zero-order valence-corrected chi connectivity index (χ0v) is 11.6. The zero-order valence-electron chi connectivity index (χ0n) is 11.6. The first-order valence-electron chi connectivity index (χ1n) is 6.54. The summed E-state index contributed by atoms with van der Waals surface area (Å²) in [5, 5.41) is 28.6. The van der Waals surface area contributed by atoms with Gasteiger partial charge in [-0.3, -0.25) is 4.79 Å². The summed E-state index contributed by atoms with van der Waals surface area (Å²) in [4.78, 5) is 12.8. The Balaban J connectivity index is 2.40. The fraction of sp³-hybridized carbons (Fsp3) is 0.188. The van der Waals surface area contributed by atoms with E-state index in [4.69, 9.17) is 5.11 Å². The monoisotopic (exact) mass is 287 g/mol. The lowest BCUT2D eigenvalue weighted by molar-refractivity contribution is -0.135. The Bertz CT molecular complexity index is 627. The number of para-hydroxylation sites is 1. The molecule has 0 radical (unpaired) electrons. The molecule has 0 saturated carbocycles. The number of carboxylic acid groups (broad SMARTS) is 1. The normalized spacial score (nSPS) is 11.9. The van der Waals surface area contributed by atoms with Crippen molar-refractivity contribution in [2.24, 2.45) is 0 Å². The van der Waals surface area contributed by atoms with Crippen LogP contribution < -0.4 is 4.90 Å². The Morgan fingerprint density at radius 2 is 1.81 bits per heavy atom. The first kappa shape index (κ1) is 14.7. The second-order valence-electron chi connectivity index (χ2n) is 4.78. The second kappa shape index (κ2) is 6.17. The highest BCUT2D eigenvalue weighted by Crippen LogP contribution is 2.33. The highest BCUT2D eigenvalue weighted by atomic mass is 16.4. The summed E-state index contributed by atoms with van der Waals surface area (Å²) in [7, 11) is 0. The molecule has 1 atom stereocenters. The molecule has 2 aromatic carbocycles. The molecule has 2 rings (SSSR count). The molecule has 0 fully saturated rings. The average Bonchev–Trinajstić information content (AvgIpc) is 2.47. The van der Waals surface area contributed by atoms with E-state index in [9.17, 15) is 15.0 Å². The summed E-state index contributed by atoms with van der Waals surface area (Å²) < 4.78 is 0. The van der Waals surface area contributed by atoms with Gasteiger partial charge in [0.05, 0.1) is 6.04 Å². The molecule has 5 nitrogen and oxygen atoms in total. The number of carboxylic acids is 1. The van der Waals surface area contributed by atoms with Crippen LogP contribution in [-0.2, 0) is 4.79 Å². The number of aliphatic carboxylic acids is 1. The molecule has 0 heterocycles. The van der Waals surface area contributed by atoms with Gasteiger partial charge in [0.1, 0.15) is 18.0 Å². The predicted octanol–water partition coefficient (Wildman–Crippen LogP) is 2.75. The van der Waals surface area contributed by atoms with Gasteiger partial charge in [-0.15, -0.1) is 0 Å². The molecule has 0 amide bonds. The second-order valence-corrected chi connectivity index (χ2v) is 4.78. The minimum atomic E-state index is -0.967. The summed E-state index contributed by atoms with van der Waals surface area (Å²) in [5.41, 5.74) is 1.20. The number of benzene rings is 2. The largest absolute Gasteiger partial charge is 0.508 e. The fourth-order valence-electron chi connectivity index (χ4n) is 2.26. The van der Waals surface area contributed by atoms with E-state index in [0.29, 0.717) is 5.56 Å². The molecule has 0 aliphatic rings. The van der Waals surface area contributed by atoms with Crippen LogP contribution in [0.5, 0.6) is 11.5 Å². The van der Waals surface area contributed by atoms with Gasteiger partial charge < -0.3 is 20.2 Å². The molecular weight excluding hydrogens is 270 g/mol. The number of anilines is 1. The molecule has 3 N–H and O–H groups in total. The van der Waals surface area contributed by atoms with Gasteiger partial charge in [-0.2, -0.15) is 0 Å². The van der Waals surface area contributed by atoms with Crippen LogP contribution in [0.15, 0.2) is 48.5 Å². The van der Waals surface area contributed by atoms with Gasteiger partial charge in [0, 0.05) is 11.3 Å². The summed E-state index contributed by atoms with van der Waals surface area (Å²) in [6.07, 6.45) is 0. The van der Waals surface area contributed by atoms with Gasteiger partial charge in [-0.25, -0.2) is 0 Å². The molecule has 0 aliphatic heterocycles. The van der Waals surface area contributed by atoms with Crippen LogP contribution in [0.1, 0.15) is 18.5 Å². The average molecular weight is 287 g/mol. The molecule has 0 aromatic heterocycles. The first-order valence-corrected chi connectivity index (χ1v) is 6.54. The molecule has 5 heteroatoms. The minimum absolute atomic E-state index is 0.0200. The Kier molecular flexibility index (Phi) is 4.33. The number of phenolic OH excluding ortho intramolecular Hbond substituents is 2. The number of nitrogens with zero attached hydrogens (tertiary/aromatic N) is 1. The number of rotatable bonds is 5. The van der Waals surface area contributed by atoms with Crippen molar-refractivity contribution in [3.05, 3.63) is 54.1 Å². The lowest BCUT2D eigenvalue weighted by Crippen LogP contribution is -2.32. The summed E-state index contributed by atoms with van der Waals surface area (Å²) in [6.45, 7) is 1.57. The van der Waals surface area contributed by atoms with Crippen molar-refractivity contribution in [2.45, 2.75) is 13.0 Å². The van der Waals surface area contributed by atoms with Gasteiger partial charge in [-0.1, -0.05) is 18.2 Å². The maximum atomic E-state index is 11.1. The van der Waals surface area contributed by atoms with E-state index in [1.165, 1.54) is 18.2 Å². The van der Waals surface area contributed by atoms with Gasteiger partial charge >= 0.3 is 5.97 Å². The van der Waals surface area contributed by atoms with Crippen molar-refractivity contribution in [3.8, 4) is 11.5 Å². The number of phenols is 2. The minimum Gasteiger partial charge on any atom is -0.508 e. The van der Waals surface area contributed by atoms with Crippen molar-refractivity contribution in [1.29, 1.82) is 0 Å². The Morgan fingerprint density at radius 1 is 1.14 bits per heavy atom. The number of carbonyl (C=O) groups is 1. The standard InChI is InChI=1S/C16H17NO4/c1-11(14-9-13(18)7-8-15(14)19)17(10-16(20)21)12-5-3-2-4-6-12/h2-9,11,18-19H,10H2,1H3,(H,20,21). The van der Waals surface area contributed by atoms with Crippen LogP contribution in [0.4, 0.5) is 5.69 Å². The molecule has 2 aromatic rings. The van der Waals surface area contributed by atoms with E-state index in [1.807, 2.05) is 18.2 Å². The Labute approximate surface area is 122 Å². The zero-order chi connectivity index (χ0) is 15.4. The predicted molar refractivity (Wildman–Crippen MR) is 79.6 cm³/mol. The van der Waals surface area contributed by atoms with Crippen LogP contribution in [0, 0.1) is 0 Å². The lowest BCUT2D eigenvalue weighted by Gasteiger charge is -2.30. The van der Waals surface area contributed by atoms with E-state index in [1.54, 1.807) is 24.0 Å². The third kappa shape index (κ3) is 3.45. The van der Waals surface area contributed by atoms with E-state index in [2.05, 4.69) is 0 Å². The van der Waals surface area contributed by atoms with E-state index < -0.39 is 12.0 Å². The summed E-state index contributed by atoms with van der Waals surface area (Å²) in [5.74, 6) is -0.921. The van der Waals surface area contributed by atoms with Gasteiger partial charge in [0.2, 0.25) is 0 Å². The van der Waals surface area contributed by atoms with Crippen LogP contribution in [0.2, 0.25) is 0 Å². The summed E-state index contributed by atoms with van der Waals surface area (Å²) >= 11 is 0. The van der Waals surface area contributed by atoms with Crippen molar-refractivity contribution in [1.82, 2.24) is 0 Å². The molecule has 1 unspecified atom stereocenters. The highest BCUT2D eigenvalue weighted by Gasteiger charge is 2.21. The molecule has 110 valence electrons. The third-order valence-corrected chi connectivity index (χ3v) is 3.32. The molecule has 0 bridgehead atoms. The van der Waals surface area contributed by atoms with Gasteiger partial charge in [0.15, 0.2) is 0 Å². The van der Waals surface area contributed by atoms with E-state index in [-0.39, 0.29) is 18.0 Å². The quantitative estimate of drug-likeness (QED) is 0.737. The first-order chi connectivity index (χ1) is 9.99. The smallest absolute Gasteiger partial charge is 0.323 e. The van der Waals surface area contributed by atoms with Crippen molar-refractivity contribution in [3.63, 3.8) is 0 Å². The third-order valence-electron chi connectivity index (χ3n) is 3.32. The topological polar surface area (TPSA) is 81.0 Å². The van der Waals surface area contributed by atoms with Crippen molar-refractivity contribution < 1.29 is 20.1 Å². The van der Waals surface area contributed by atoms with Crippen LogP contribution >= 0.6 is 0 Å². The molecule has 0 saturated heterocycles. The molecule has 0 spiro atoms. The van der Waals surface area contributed by atoms with Crippen molar-refractivity contribution in [2.75, 3.05) is 11.4 Å². The number of aromatic hydroxyl groups is 2. The SMILES string of the molecule is CC(c1cc(O)ccc1O)N(CC(=O)O)c1ccccc1.